The van der Waals surface area contributed by atoms with Gasteiger partial charge in [-0.3, -0.25) is 0 Å². The third kappa shape index (κ3) is 7.10. The monoisotopic (exact) mass is 200 g/mol. The van der Waals surface area contributed by atoms with Gasteiger partial charge in [0.1, 0.15) is 0 Å². The van der Waals surface area contributed by atoms with Crippen LogP contribution in [0.4, 0.5) is 0 Å². The first-order valence-corrected chi connectivity index (χ1v) is 5.50. The molecule has 0 aromatic heterocycles. The lowest BCUT2D eigenvalue weighted by Crippen LogP contribution is -2.23. The van der Waals surface area contributed by atoms with Gasteiger partial charge in [0.15, 0.2) is 6.29 Å². The van der Waals surface area contributed by atoms with E-state index in [1.165, 1.54) is 0 Å². The number of ether oxygens (including phenoxy) is 2. The minimum atomic E-state index is -0.117. The lowest BCUT2D eigenvalue weighted by Gasteiger charge is -2.21. The highest BCUT2D eigenvalue weighted by molar-refractivity contribution is 4.79. The molecule has 2 heteroatoms. The first-order chi connectivity index (χ1) is 6.57. The van der Waals surface area contributed by atoms with Crippen molar-refractivity contribution in [3.63, 3.8) is 0 Å². The SMILES string of the molecule is CC/C=C\COC(C)OC(C)C(C)C. The van der Waals surface area contributed by atoms with Crippen LogP contribution in [-0.4, -0.2) is 19.0 Å². The number of rotatable bonds is 7. The predicted octanol–water partition coefficient (Wildman–Crippen LogP) is 3.38. The first-order valence-electron chi connectivity index (χ1n) is 5.50. The molecule has 0 saturated carbocycles. The van der Waals surface area contributed by atoms with E-state index in [2.05, 4.69) is 33.8 Å². The standard InChI is InChI=1S/C12H24O2/c1-6-7-8-9-13-12(5)14-11(4)10(2)3/h7-8,10-12H,6,9H2,1-5H3/b8-7-. The van der Waals surface area contributed by atoms with Gasteiger partial charge in [0.05, 0.1) is 12.7 Å². The van der Waals surface area contributed by atoms with Gasteiger partial charge >= 0.3 is 0 Å². The molecule has 0 aliphatic heterocycles. The van der Waals surface area contributed by atoms with E-state index >= 15 is 0 Å². The van der Waals surface area contributed by atoms with Crippen LogP contribution in [-0.2, 0) is 9.47 Å². The Hall–Kier alpha value is -0.340. The maximum atomic E-state index is 5.64. The molecule has 0 amide bonds. The molecular formula is C12H24O2. The summed E-state index contributed by atoms with van der Waals surface area (Å²) in [6.45, 7) is 11.1. The fourth-order valence-corrected chi connectivity index (χ4v) is 0.924. The largest absolute Gasteiger partial charge is 0.350 e. The van der Waals surface area contributed by atoms with Crippen LogP contribution in [0.15, 0.2) is 12.2 Å². The van der Waals surface area contributed by atoms with Crippen LogP contribution in [0.25, 0.3) is 0 Å². The van der Waals surface area contributed by atoms with Crippen molar-refractivity contribution in [1.29, 1.82) is 0 Å². The van der Waals surface area contributed by atoms with Gasteiger partial charge in [-0.1, -0.05) is 32.9 Å². The van der Waals surface area contributed by atoms with Crippen molar-refractivity contribution < 1.29 is 9.47 Å². The molecule has 0 N–H and O–H groups in total. The molecule has 0 heterocycles. The summed E-state index contributed by atoms with van der Waals surface area (Å²) in [5.41, 5.74) is 0. The minimum Gasteiger partial charge on any atom is -0.350 e. The van der Waals surface area contributed by atoms with E-state index in [-0.39, 0.29) is 12.4 Å². The van der Waals surface area contributed by atoms with Crippen molar-refractivity contribution in [2.75, 3.05) is 6.61 Å². The Labute approximate surface area is 88.3 Å². The van der Waals surface area contributed by atoms with Crippen LogP contribution >= 0.6 is 0 Å². The zero-order valence-corrected chi connectivity index (χ0v) is 10.1. The normalized spacial score (nSPS) is 16.4. The highest BCUT2D eigenvalue weighted by atomic mass is 16.7. The average molecular weight is 200 g/mol. The summed E-state index contributed by atoms with van der Waals surface area (Å²) in [6, 6.07) is 0. The molecule has 0 spiro atoms. The Bertz CT molecular complexity index is 152. The quantitative estimate of drug-likeness (QED) is 0.463. The second-order valence-electron chi connectivity index (χ2n) is 3.87. The predicted molar refractivity (Wildman–Crippen MR) is 60.2 cm³/mol. The highest BCUT2D eigenvalue weighted by Crippen LogP contribution is 2.08. The Morgan fingerprint density at radius 2 is 1.71 bits per heavy atom. The van der Waals surface area contributed by atoms with Gasteiger partial charge in [-0.05, 0) is 26.2 Å². The number of hydrogen-bond acceptors (Lipinski definition) is 2. The summed E-state index contributed by atoms with van der Waals surface area (Å²) >= 11 is 0. The molecule has 0 rings (SSSR count). The Morgan fingerprint density at radius 3 is 2.21 bits per heavy atom. The van der Waals surface area contributed by atoms with Crippen molar-refractivity contribution in [3.8, 4) is 0 Å². The van der Waals surface area contributed by atoms with E-state index in [0.717, 1.165) is 6.42 Å². The second-order valence-corrected chi connectivity index (χ2v) is 3.87. The molecule has 2 atom stereocenters. The highest BCUT2D eigenvalue weighted by Gasteiger charge is 2.11. The molecule has 0 aliphatic carbocycles. The maximum Gasteiger partial charge on any atom is 0.155 e. The first kappa shape index (κ1) is 13.7. The van der Waals surface area contributed by atoms with Gasteiger partial charge in [-0.25, -0.2) is 0 Å². The molecule has 0 fully saturated rings. The van der Waals surface area contributed by atoms with Crippen LogP contribution in [0.2, 0.25) is 0 Å². The lowest BCUT2D eigenvalue weighted by molar-refractivity contribution is -0.158. The summed E-state index contributed by atoms with van der Waals surface area (Å²) < 4.78 is 11.1. The van der Waals surface area contributed by atoms with E-state index < -0.39 is 0 Å². The third-order valence-electron chi connectivity index (χ3n) is 2.17. The molecule has 0 aromatic rings. The summed E-state index contributed by atoms with van der Waals surface area (Å²) in [5.74, 6) is 0.534. The Morgan fingerprint density at radius 1 is 1.07 bits per heavy atom. The number of hydrogen-bond donors (Lipinski definition) is 0. The van der Waals surface area contributed by atoms with E-state index in [1.807, 2.05) is 13.0 Å². The fraction of sp³-hybridized carbons (Fsp3) is 0.833. The zero-order valence-electron chi connectivity index (χ0n) is 10.1. The van der Waals surface area contributed by atoms with Crippen molar-refractivity contribution in [3.05, 3.63) is 12.2 Å². The molecule has 2 nitrogen and oxygen atoms in total. The number of allylic oxidation sites excluding steroid dienone is 1. The second kappa shape index (κ2) is 8.01. The summed E-state index contributed by atoms with van der Waals surface area (Å²) in [6.07, 6.45) is 5.31. The summed E-state index contributed by atoms with van der Waals surface area (Å²) in [4.78, 5) is 0. The van der Waals surface area contributed by atoms with Crippen molar-refractivity contribution in [1.82, 2.24) is 0 Å². The van der Waals surface area contributed by atoms with Gasteiger partial charge in [0.2, 0.25) is 0 Å². The molecule has 0 aliphatic rings. The smallest absolute Gasteiger partial charge is 0.155 e. The van der Waals surface area contributed by atoms with Crippen LogP contribution in [0.1, 0.15) is 41.0 Å². The topological polar surface area (TPSA) is 18.5 Å². The molecule has 0 radical (unpaired) electrons. The van der Waals surface area contributed by atoms with Crippen molar-refractivity contribution in [2.45, 2.75) is 53.4 Å². The van der Waals surface area contributed by atoms with E-state index in [1.54, 1.807) is 0 Å². The average Bonchev–Trinajstić information content (AvgIpc) is 2.12. The fourth-order valence-electron chi connectivity index (χ4n) is 0.924. The molecule has 0 aromatic carbocycles. The van der Waals surface area contributed by atoms with Crippen molar-refractivity contribution in [2.24, 2.45) is 5.92 Å². The maximum absolute atomic E-state index is 5.64. The molecular weight excluding hydrogens is 176 g/mol. The molecule has 84 valence electrons. The molecule has 2 unspecified atom stereocenters. The van der Waals surface area contributed by atoms with E-state index in [4.69, 9.17) is 9.47 Å². The summed E-state index contributed by atoms with van der Waals surface area (Å²) in [5, 5.41) is 0. The zero-order chi connectivity index (χ0) is 11.0. The third-order valence-corrected chi connectivity index (χ3v) is 2.17. The van der Waals surface area contributed by atoms with Gasteiger partial charge in [0.25, 0.3) is 0 Å². The van der Waals surface area contributed by atoms with Gasteiger partial charge in [-0.2, -0.15) is 0 Å². The van der Waals surface area contributed by atoms with Gasteiger partial charge in [0, 0.05) is 0 Å². The van der Waals surface area contributed by atoms with Gasteiger partial charge < -0.3 is 9.47 Å². The molecule has 14 heavy (non-hydrogen) atoms. The minimum absolute atomic E-state index is 0.117. The Kier molecular flexibility index (Phi) is 7.81. The van der Waals surface area contributed by atoms with E-state index in [0.29, 0.717) is 12.5 Å². The van der Waals surface area contributed by atoms with E-state index in [9.17, 15) is 0 Å². The van der Waals surface area contributed by atoms with Crippen LogP contribution in [0.5, 0.6) is 0 Å². The van der Waals surface area contributed by atoms with Crippen LogP contribution in [0, 0.1) is 5.92 Å². The lowest BCUT2D eigenvalue weighted by atomic mass is 10.1. The molecule has 0 bridgehead atoms. The van der Waals surface area contributed by atoms with Crippen LogP contribution < -0.4 is 0 Å². The summed E-state index contributed by atoms with van der Waals surface area (Å²) in [7, 11) is 0. The van der Waals surface area contributed by atoms with Gasteiger partial charge in [-0.15, -0.1) is 0 Å². The molecule has 0 saturated heterocycles. The van der Waals surface area contributed by atoms with Crippen molar-refractivity contribution >= 4 is 0 Å². The Balaban J connectivity index is 3.54. The van der Waals surface area contributed by atoms with Crippen LogP contribution in [0.3, 0.4) is 0 Å².